The number of thiazole rings is 1. The molecule has 5 N–H and O–H groups in total. The van der Waals surface area contributed by atoms with Crippen molar-refractivity contribution < 1.29 is 0 Å². The van der Waals surface area contributed by atoms with Gasteiger partial charge in [-0.3, -0.25) is 4.72 Å². The summed E-state index contributed by atoms with van der Waals surface area (Å²) < 4.78 is 3.14. The van der Waals surface area contributed by atoms with Gasteiger partial charge in [0, 0.05) is 11.9 Å². The summed E-state index contributed by atoms with van der Waals surface area (Å²) in [5.41, 5.74) is 11.5. The van der Waals surface area contributed by atoms with Crippen molar-refractivity contribution in [2.45, 2.75) is 12.7 Å². The van der Waals surface area contributed by atoms with Crippen molar-refractivity contribution in [3.63, 3.8) is 0 Å². The molecule has 1 aromatic heterocycles. The molecule has 0 aliphatic rings. The van der Waals surface area contributed by atoms with Gasteiger partial charge in [-0.05, 0) is 0 Å². The highest BCUT2D eigenvalue weighted by Crippen LogP contribution is 2.20. The molecule has 0 aliphatic heterocycles. The van der Waals surface area contributed by atoms with E-state index in [-0.39, 0.29) is 30.8 Å². The number of hydrogen-bond donors (Lipinski definition) is 3. The van der Waals surface area contributed by atoms with E-state index in [9.17, 15) is 0 Å². The number of aromatic nitrogens is 1. The molecule has 94 valence electrons. The van der Waals surface area contributed by atoms with Crippen LogP contribution in [0.3, 0.4) is 0 Å². The molecule has 1 aromatic rings. The maximum absolute atomic E-state index is 5.23. The molecule has 1 heterocycles. The van der Waals surface area contributed by atoms with Crippen molar-refractivity contribution in [3.8, 4) is 0 Å². The third-order valence-corrected chi connectivity index (χ3v) is 2.95. The van der Waals surface area contributed by atoms with Crippen LogP contribution in [0.25, 0.3) is 0 Å². The van der Waals surface area contributed by atoms with Crippen molar-refractivity contribution in [1.82, 2.24) is 9.71 Å². The first-order valence-electron chi connectivity index (χ1n) is 4.11. The van der Waals surface area contributed by atoms with E-state index in [1.807, 2.05) is 5.38 Å². The van der Waals surface area contributed by atoms with Crippen molar-refractivity contribution in [3.05, 3.63) is 11.1 Å². The molecule has 1 rings (SSSR count). The Morgan fingerprint density at radius 2 is 2.25 bits per heavy atom. The summed E-state index contributed by atoms with van der Waals surface area (Å²) in [7, 11) is 0. The Kier molecular flexibility index (Phi) is 11.3. The SMILES string of the molecule is CCNSCc1csc(N=C(N)N)n1.Cl.Cl. The average Bonchev–Trinajstić information content (AvgIpc) is 2.52. The van der Waals surface area contributed by atoms with E-state index < -0.39 is 0 Å². The number of nitrogens with zero attached hydrogens (tertiary/aromatic N) is 2. The summed E-state index contributed by atoms with van der Waals surface area (Å²) in [5.74, 6) is 0.870. The molecule has 0 radical (unpaired) electrons. The van der Waals surface area contributed by atoms with Crippen LogP contribution in [0.1, 0.15) is 12.6 Å². The molecule has 0 saturated carbocycles. The Balaban J connectivity index is 0. The second-order valence-electron chi connectivity index (χ2n) is 2.44. The second kappa shape index (κ2) is 9.98. The van der Waals surface area contributed by atoms with Crippen LogP contribution in [0.15, 0.2) is 10.4 Å². The number of guanidine groups is 1. The normalized spacial score (nSPS) is 8.81. The van der Waals surface area contributed by atoms with Gasteiger partial charge in [0.25, 0.3) is 0 Å². The quantitative estimate of drug-likeness (QED) is 0.333. The molecule has 0 saturated heterocycles. The molecule has 9 heteroatoms. The summed E-state index contributed by atoms with van der Waals surface area (Å²) in [5, 5.41) is 2.56. The lowest BCUT2D eigenvalue weighted by Gasteiger charge is -1.96. The highest BCUT2D eigenvalue weighted by molar-refractivity contribution is 7.96. The zero-order chi connectivity index (χ0) is 10.4. The molecule has 0 spiro atoms. The number of rotatable bonds is 5. The van der Waals surface area contributed by atoms with Crippen LogP contribution >= 0.6 is 48.1 Å². The fraction of sp³-hybridized carbons (Fsp3) is 0.429. The van der Waals surface area contributed by atoms with E-state index in [1.165, 1.54) is 11.3 Å². The van der Waals surface area contributed by atoms with Gasteiger partial charge in [-0.15, -0.1) is 36.2 Å². The van der Waals surface area contributed by atoms with Crippen LogP contribution in [-0.2, 0) is 5.75 Å². The number of nitrogens with one attached hydrogen (secondary N) is 1. The van der Waals surface area contributed by atoms with E-state index in [0.29, 0.717) is 5.13 Å². The molecule has 0 aliphatic carbocycles. The summed E-state index contributed by atoms with van der Waals surface area (Å²) in [6, 6.07) is 0. The van der Waals surface area contributed by atoms with Crippen molar-refractivity contribution in [2.75, 3.05) is 6.54 Å². The van der Waals surface area contributed by atoms with E-state index >= 15 is 0 Å². The van der Waals surface area contributed by atoms with Crippen molar-refractivity contribution >= 4 is 59.2 Å². The van der Waals surface area contributed by atoms with Gasteiger partial charge < -0.3 is 11.5 Å². The zero-order valence-electron chi connectivity index (χ0n) is 8.67. The molecule has 16 heavy (non-hydrogen) atoms. The van der Waals surface area contributed by atoms with Gasteiger partial charge in [0.2, 0.25) is 5.13 Å². The lowest BCUT2D eigenvalue weighted by Crippen LogP contribution is -2.21. The van der Waals surface area contributed by atoms with Gasteiger partial charge in [-0.25, -0.2) is 4.98 Å². The van der Waals surface area contributed by atoms with Gasteiger partial charge in [-0.1, -0.05) is 18.9 Å². The Labute approximate surface area is 115 Å². The lowest BCUT2D eigenvalue weighted by atomic mass is 10.6. The predicted octanol–water partition coefficient (Wildman–Crippen LogP) is 1.65. The third-order valence-electron chi connectivity index (χ3n) is 1.23. The van der Waals surface area contributed by atoms with E-state index in [1.54, 1.807) is 11.9 Å². The number of halogens is 2. The van der Waals surface area contributed by atoms with Crippen molar-refractivity contribution in [1.29, 1.82) is 0 Å². The molecular weight excluding hydrogens is 289 g/mol. The molecule has 0 bridgehead atoms. The second-order valence-corrected chi connectivity index (χ2v) is 4.15. The Morgan fingerprint density at radius 3 is 2.81 bits per heavy atom. The summed E-state index contributed by atoms with van der Waals surface area (Å²) in [6.07, 6.45) is 0. The highest BCUT2D eigenvalue weighted by Gasteiger charge is 2.00. The lowest BCUT2D eigenvalue weighted by molar-refractivity contribution is 1.03. The fourth-order valence-corrected chi connectivity index (χ4v) is 2.16. The minimum Gasteiger partial charge on any atom is -0.370 e. The predicted molar refractivity (Wildman–Crippen MR) is 77.1 cm³/mol. The fourth-order valence-electron chi connectivity index (χ4n) is 0.751. The van der Waals surface area contributed by atoms with Gasteiger partial charge >= 0.3 is 0 Å². The first-order valence-corrected chi connectivity index (χ1v) is 5.97. The smallest absolute Gasteiger partial charge is 0.212 e. The average molecular weight is 304 g/mol. The van der Waals surface area contributed by atoms with Crippen LogP contribution < -0.4 is 16.2 Å². The van der Waals surface area contributed by atoms with Crippen LogP contribution in [0, 0.1) is 0 Å². The van der Waals surface area contributed by atoms with Gasteiger partial charge in [0.05, 0.1) is 11.4 Å². The first-order chi connectivity index (χ1) is 6.72. The summed E-state index contributed by atoms with van der Waals surface area (Å²) in [6.45, 7) is 2.99. The molecular formula is C7H15Cl2N5S2. The van der Waals surface area contributed by atoms with E-state index in [4.69, 9.17) is 11.5 Å². The molecule has 0 aromatic carbocycles. The van der Waals surface area contributed by atoms with Crippen LogP contribution in [0.2, 0.25) is 0 Å². The summed E-state index contributed by atoms with van der Waals surface area (Å²) >= 11 is 3.06. The molecule has 0 fully saturated rings. The minimum absolute atomic E-state index is 0. The topological polar surface area (TPSA) is 89.3 Å². The minimum atomic E-state index is 0. The highest BCUT2D eigenvalue weighted by atomic mass is 35.5. The van der Waals surface area contributed by atoms with E-state index in [2.05, 4.69) is 21.6 Å². The van der Waals surface area contributed by atoms with Gasteiger partial charge in [-0.2, -0.15) is 4.99 Å². The van der Waals surface area contributed by atoms with Gasteiger partial charge in [0.15, 0.2) is 5.96 Å². The Hall–Kier alpha value is -0.210. The Morgan fingerprint density at radius 1 is 1.56 bits per heavy atom. The monoisotopic (exact) mass is 303 g/mol. The largest absolute Gasteiger partial charge is 0.370 e. The molecule has 5 nitrogen and oxygen atoms in total. The van der Waals surface area contributed by atoms with E-state index in [0.717, 1.165) is 18.0 Å². The number of aliphatic imine (C=N–C) groups is 1. The number of hydrogen-bond acceptors (Lipinski definition) is 5. The van der Waals surface area contributed by atoms with Crippen LogP contribution in [0.5, 0.6) is 0 Å². The summed E-state index contributed by atoms with van der Waals surface area (Å²) in [4.78, 5) is 8.09. The number of nitrogens with two attached hydrogens (primary N) is 2. The zero-order valence-corrected chi connectivity index (χ0v) is 11.9. The van der Waals surface area contributed by atoms with Crippen LogP contribution in [-0.4, -0.2) is 17.5 Å². The standard InChI is InChI=1S/C7H13N5S2.2ClH/c1-2-10-14-4-5-3-13-7(11-5)12-6(8)9;;/h3,10H,2,4H2,1H3,(H4,8,9,11,12);2*1H. The Bertz CT molecular complexity index is 313. The van der Waals surface area contributed by atoms with Crippen LogP contribution in [0.4, 0.5) is 5.13 Å². The maximum Gasteiger partial charge on any atom is 0.212 e. The molecule has 0 amide bonds. The third kappa shape index (κ3) is 7.13. The molecule has 0 unspecified atom stereocenters. The van der Waals surface area contributed by atoms with Crippen molar-refractivity contribution in [2.24, 2.45) is 16.5 Å². The van der Waals surface area contributed by atoms with Gasteiger partial charge in [0.1, 0.15) is 0 Å². The first kappa shape index (κ1) is 18.2. The maximum atomic E-state index is 5.23. The molecule has 0 atom stereocenters.